The van der Waals surface area contributed by atoms with Gasteiger partial charge in [0, 0.05) is 17.1 Å². The molecule has 0 radical (unpaired) electrons. The third-order valence-corrected chi connectivity index (χ3v) is 2.71. The Labute approximate surface area is 131 Å². The minimum atomic E-state index is -0.476. The first-order valence-electron chi connectivity index (χ1n) is 6.79. The fourth-order valence-corrected chi connectivity index (χ4v) is 1.77. The van der Waals surface area contributed by atoms with E-state index in [9.17, 15) is 4.79 Å². The Morgan fingerprint density at radius 1 is 1.38 bits per heavy atom. The number of carbonyl (C=O) groups is 1. The van der Waals surface area contributed by atoms with Crippen LogP contribution in [0.1, 0.15) is 32.8 Å². The number of alkyl carbamates (subject to hydrolysis) is 1. The molecule has 116 valence electrons. The quantitative estimate of drug-likeness (QED) is 0.826. The Bertz CT molecular complexity index is 507. The molecule has 0 unspecified atom stereocenters. The average Bonchev–Trinajstić information content (AvgIpc) is 2.37. The number of nitrogens with one attached hydrogen (secondary N) is 1. The fraction of sp³-hybridized carbons (Fsp3) is 0.438. The maximum absolute atomic E-state index is 11.4. The van der Waals surface area contributed by atoms with Crippen molar-refractivity contribution in [3.05, 3.63) is 34.9 Å². The van der Waals surface area contributed by atoms with Gasteiger partial charge in [0.05, 0.1) is 7.11 Å². The zero-order valence-corrected chi connectivity index (χ0v) is 13.7. The Balaban J connectivity index is 2.41. The smallest absolute Gasteiger partial charge is 0.407 e. The minimum Gasteiger partial charge on any atom is -0.496 e. The number of methoxy groups -OCH3 is 1. The van der Waals surface area contributed by atoms with Crippen molar-refractivity contribution in [3.63, 3.8) is 0 Å². The fourth-order valence-electron chi connectivity index (χ4n) is 1.60. The summed E-state index contributed by atoms with van der Waals surface area (Å²) in [5.41, 5.74) is 0.468. The first-order valence-corrected chi connectivity index (χ1v) is 7.16. The summed E-state index contributed by atoms with van der Waals surface area (Å²) in [6, 6.07) is 5.46. The standard InChI is InChI=1S/C16H22ClNO3/c1-16(2,3)21-15(19)18-10-6-5-7-12-8-9-13(17)11-14(12)20-4/h5,7-9,11H,6,10H2,1-4H3,(H,18,19). The number of halogens is 1. The second-order valence-electron chi connectivity index (χ2n) is 5.51. The topological polar surface area (TPSA) is 47.6 Å². The molecular weight excluding hydrogens is 290 g/mol. The molecule has 0 saturated heterocycles. The van der Waals surface area contributed by atoms with E-state index in [1.807, 2.05) is 45.1 Å². The van der Waals surface area contributed by atoms with Crippen LogP contribution in [0.5, 0.6) is 5.75 Å². The van der Waals surface area contributed by atoms with Crippen LogP contribution in [0.25, 0.3) is 6.08 Å². The van der Waals surface area contributed by atoms with Crippen molar-refractivity contribution < 1.29 is 14.3 Å². The van der Waals surface area contributed by atoms with Crippen LogP contribution in [0.4, 0.5) is 4.79 Å². The zero-order valence-electron chi connectivity index (χ0n) is 12.9. The maximum Gasteiger partial charge on any atom is 0.407 e. The van der Waals surface area contributed by atoms with Gasteiger partial charge in [-0.15, -0.1) is 0 Å². The Morgan fingerprint density at radius 2 is 2.10 bits per heavy atom. The van der Waals surface area contributed by atoms with Crippen LogP contribution in [-0.4, -0.2) is 25.3 Å². The summed E-state index contributed by atoms with van der Waals surface area (Å²) in [6.07, 6.45) is 4.19. The third kappa shape index (κ3) is 7.04. The summed E-state index contributed by atoms with van der Waals surface area (Å²) in [7, 11) is 1.60. The second-order valence-corrected chi connectivity index (χ2v) is 5.94. The summed E-state index contributed by atoms with van der Waals surface area (Å²) < 4.78 is 10.4. The molecule has 0 aromatic heterocycles. The van der Waals surface area contributed by atoms with Gasteiger partial charge < -0.3 is 14.8 Å². The van der Waals surface area contributed by atoms with Crippen LogP contribution in [0.15, 0.2) is 24.3 Å². The van der Waals surface area contributed by atoms with Gasteiger partial charge in [-0.3, -0.25) is 0 Å². The van der Waals surface area contributed by atoms with Gasteiger partial charge in [0.25, 0.3) is 0 Å². The second kappa shape index (κ2) is 7.93. The lowest BCUT2D eigenvalue weighted by Crippen LogP contribution is -2.32. The Morgan fingerprint density at radius 3 is 2.71 bits per heavy atom. The highest BCUT2D eigenvalue weighted by atomic mass is 35.5. The predicted octanol–water partition coefficient (Wildman–Crippen LogP) is 4.28. The van der Waals surface area contributed by atoms with Gasteiger partial charge in [0.1, 0.15) is 11.4 Å². The molecule has 0 aliphatic rings. The normalized spacial score (nSPS) is 11.5. The summed E-state index contributed by atoms with van der Waals surface area (Å²) in [4.78, 5) is 11.4. The molecule has 0 fully saturated rings. The van der Waals surface area contributed by atoms with Crippen molar-refractivity contribution in [3.8, 4) is 5.75 Å². The number of hydrogen-bond donors (Lipinski definition) is 1. The average molecular weight is 312 g/mol. The summed E-state index contributed by atoms with van der Waals surface area (Å²) in [5.74, 6) is 0.721. The van der Waals surface area contributed by atoms with Crippen LogP contribution in [0.3, 0.4) is 0 Å². The maximum atomic E-state index is 11.4. The summed E-state index contributed by atoms with van der Waals surface area (Å²) in [6.45, 7) is 6.01. The van der Waals surface area contributed by atoms with Gasteiger partial charge in [0.15, 0.2) is 0 Å². The summed E-state index contributed by atoms with van der Waals surface area (Å²) >= 11 is 5.90. The van der Waals surface area contributed by atoms with Gasteiger partial charge in [-0.1, -0.05) is 23.8 Å². The van der Waals surface area contributed by atoms with Crippen LogP contribution in [0.2, 0.25) is 5.02 Å². The van der Waals surface area contributed by atoms with E-state index < -0.39 is 11.7 Å². The molecule has 0 heterocycles. The molecule has 21 heavy (non-hydrogen) atoms. The Hall–Kier alpha value is -1.68. The molecule has 1 aromatic carbocycles. The van der Waals surface area contributed by atoms with Gasteiger partial charge in [-0.2, -0.15) is 0 Å². The number of hydrogen-bond acceptors (Lipinski definition) is 3. The lowest BCUT2D eigenvalue weighted by atomic mass is 10.1. The van der Waals surface area contributed by atoms with Crippen molar-refractivity contribution in [1.82, 2.24) is 5.32 Å². The lowest BCUT2D eigenvalue weighted by Gasteiger charge is -2.19. The van der Waals surface area contributed by atoms with Crippen LogP contribution in [0, 0.1) is 0 Å². The molecule has 0 atom stereocenters. The molecule has 1 aromatic rings. The molecule has 1 N–H and O–H groups in total. The van der Waals surface area contributed by atoms with Gasteiger partial charge >= 0.3 is 6.09 Å². The molecule has 0 bridgehead atoms. The van der Waals surface area contributed by atoms with E-state index in [1.54, 1.807) is 13.2 Å². The molecule has 1 amide bonds. The van der Waals surface area contributed by atoms with Gasteiger partial charge in [-0.25, -0.2) is 4.79 Å². The van der Waals surface area contributed by atoms with E-state index in [1.165, 1.54) is 0 Å². The van der Waals surface area contributed by atoms with Crippen LogP contribution in [-0.2, 0) is 4.74 Å². The van der Waals surface area contributed by atoms with Crippen molar-refractivity contribution in [1.29, 1.82) is 0 Å². The number of ether oxygens (including phenoxy) is 2. The van der Waals surface area contributed by atoms with Crippen LogP contribution >= 0.6 is 11.6 Å². The zero-order chi connectivity index (χ0) is 15.9. The monoisotopic (exact) mass is 311 g/mol. The SMILES string of the molecule is COc1cc(Cl)ccc1C=CCCNC(=O)OC(C)(C)C. The highest BCUT2D eigenvalue weighted by Crippen LogP contribution is 2.24. The van der Waals surface area contributed by atoms with E-state index >= 15 is 0 Å². The molecule has 0 aliphatic carbocycles. The highest BCUT2D eigenvalue weighted by Gasteiger charge is 2.15. The number of rotatable bonds is 5. The van der Waals surface area contributed by atoms with Crippen molar-refractivity contribution in [2.45, 2.75) is 32.8 Å². The van der Waals surface area contributed by atoms with E-state index in [-0.39, 0.29) is 0 Å². The molecule has 0 spiro atoms. The van der Waals surface area contributed by atoms with Gasteiger partial charge in [-0.05, 0) is 45.4 Å². The highest BCUT2D eigenvalue weighted by molar-refractivity contribution is 6.30. The van der Waals surface area contributed by atoms with Crippen molar-refractivity contribution >= 4 is 23.8 Å². The van der Waals surface area contributed by atoms with Crippen LogP contribution < -0.4 is 10.1 Å². The Kier molecular flexibility index (Phi) is 6.56. The molecule has 1 rings (SSSR count). The van der Waals surface area contributed by atoms with Crippen molar-refractivity contribution in [2.24, 2.45) is 0 Å². The van der Waals surface area contributed by atoms with E-state index in [4.69, 9.17) is 21.1 Å². The molecule has 4 nitrogen and oxygen atoms in total. The summed E-state index contributed by atoms with van der Waals surface area (Å²) in [5, 5.41) is 3.33. The molecule has 0 saturated carbocycles. The first-order chi connectivity index (χ1) is 9.81. The van der Waals surface area contributed by atoms with E-state index in [0.29, 0.717) is 18.0 Å². The largest absolute Gasteiger partial charge is 0.496 e. The molecule has 5 heteroatoms. The van der Waals surface area contributed by atoms with Crippen molar-refractivity contribution in [2.75, 3.05) is 13.7 Å². The first kappa shape index (κ1) is 17.4. The molecular formula is C16H22ClNO3. The minimum absolute atomic E-state index is 0.403. The lowest BCUT2D eigenvalue weighted by molar-refractivity contribution is 0.0529. The number of benzene rings is 1. The third-order valence-electron chi connectivity index (χ3n) is 2.47. The molecule has 0 aliphatic heterocycles. The van der Waals surface area contributed by atoms with E-state index in [0.717, 1.165) is 11.3 Å². The number of amides is 1. The van der Waals surface area contributed by atoms with Gasteiger partial charge in [0.2, 0.25) is 0 Å². The number of carbonyl (C=O) groups excluding carboxylic acids is 1. The van der Waals surface area contributed by atoms with E-state index in [2.05, 4.69) is 5.32 Å². The predicted molar refractivity (Wildman–Crippen MR) is 85.9 cm³/mol.